The molecule has 2 heterocycles. The summed E-state index contributed by atoms with van der Waals surface area (Å²) in [5.74, 6) is -0.477. The van der Waals surface area contributed by atoms with Crippen molar-refractivity contribution in [3.8, 4) is 0 Å². The van der Waals surface area contributed by atoms with Crippen LogP contribution in [0.3, 0.4) is 0 Å². The largest absolute Gasteiger partial charge is 0.461 e. The number of piperidine rings is 1. The third-order valence-electron chi connectivity index (χ3n) is 5.80. The summed E-state index contributed by atoms with van der Waals surface area (Å²) in [6.45, 7) is 4.54. The molecule has 0 amide bonds. The molecule has 29 heavy (non-hydrogen) atoms. The lowest BCUT2D eigenvalue weighted by atomic mass is 10.0. The molecule has 0 spiro atoms. The van der Waals surface area contributed by atoms with Gasteiger partial charge in [0, 0.05) is 43.3 Å². The van der Waals surface area contributed by atoms with Crippen molar-refractivity contribution in [3.63, 3.8) is 0 Å². The fourth-order valence-corrected chi connectivity index (χ4v) is 3.94. The Bertz CT molecular complexity index is 930. The third kappa shape index (κ3) is 4.62. The van der Waals surface area contributed by atoms with Gasteiger partial charge in [0.1, 0.15) is 5.69 Å². The monoisotopic (exact) mass is 400 g/mol. The predicted octanol–water partition coefficient (Wildman–Crippen LogP) is 2.30. The number of likely N-dealkylation sites (tertiary alicyclic amines) is 1. The van der Waals surface area contributed by atoms with Crippen molar-refractivity contribution >= 4 is 22.6 Å². The lowest BCUT2D eigenvalue weighted by Crippen LogP contribution is -2.42. The van der Waals surface area contributed by atoms with Crippen molar-refractivity contribution in [2.45, 2.75) is 32.4 Å². The first-order valence-electron chi connectivity index (χ1n) is 10.2. The number of hydrogen-bond acceptors (Lipinski definition) is 6. The Labute approximate surface area is 172 Å². The average Bonchev–Trinajstić information content (AvgIpc) is 2.70. The molecular formula is C22H32N4O3. The van der Waals surface area contributed by atoms with Crippen LogP contribution in [-0.2, 0) is 11.3 Å². The van der Waals surface area contributed by atoms with Crippen molar-refractivity contribution < 1.29 is 9.53 Å². The van der Waals surface area contributed by atoms with Crippen LogP contribution in [0.5, 0.6) is 0 Å². The first-order valence-corrected chi connectivity index (χ1v) is 10.2. The van der Waals surface area contributed by atoms with E-state index >= 15 is 0 Å². The number of nitrogens with one attached hydrogen (secondary N) is 1. The van der Waals surface area contributed by atoms with Crippen molar-refractivity contribution in [1.29, 1.82) is 0 Å². The van der Waals surface area contributed by atoms with Gasteiger partial charge < -0.3 is 19.5 Å². The van der Waals surface area contributed by atoms with Crippen molar-refractivity contribution in [1.82, 2.24) is 14.8 Å². The molecule has 158 valence electrons. The van der Waals surface area contributed by atoms with Gasteiger partial charge in [-0.15, -0.1) is 0 Å². The topological polar surface area (TPSA) is 68.9 Å². The van der Waals surface area contributed by atoms with Gasteiger partial charge in [0.25, 0.3) is 0 Å². The van der Waals surface area contributed by atoms with E-state index in [1.165, 1.54) is 0 Å². The molecule has 1 saturated heterocycles. The summed E-state index contributed by atoms with van der Waals surface area (Å²) in [5, 5.41) is 0.594. The fraction of sp³-hybridized carbons (Fsp3) is 0.545. The molecule has 7 heteroatoms. The molecule has 0 radical (unpaired) electrons. The molecule has 1 aromatic heterocycles. The minimum absolute atomic E-state index is 0.106. The highest BCUT2D eigenvalue weighted by Gasteiger charge is 2.25. The zero-order valence-corrected chi connectivity index (χ0v) is 18.1. The summed E-state index contributed by atoms with van der Waals surface area (Å²) in [6.07, 6.45) is 2.11. The van der Waals surface area contributed by atoms with Crippen molar-refractivity contribution in [3.05, 3.63) is 39.7 Å². The second-order valence-corrected chi connectivity index (χ2v) is 8.10. The molecule has 3 rings (SSSR count). The molecule has 1 aliphatic heterocycles. The van der Waals surface area contributed by atoms with E-state index in [0.29, 0.717) is 29.1 Å². The zero-order valence-electron chi connectivity index (χ0n) is 18.1. The molecule has 1 aliphatic rings. The molecular weight excluding hydrogens is 368 g/mol. The van der Waals surface area contributed by atoms with Gasteiger partial charge >= 0.3 is 5.97 Å². The third-order valence-corrected chi connectivity index (χ3v) is 5.80. The lowest BCUT2D eigenvalue weighted by molar-refractivity contribution is 0.0516. The molecule has 0 saturated carbocycles. The lowest BCUT2D eigenvalue weighted by Gasteiger charge is -2.35. The van der Waals surface area contributed by atoms with Gasteiger partial charge in [0.15, 0.2) is 5.43 Å². The van der Waals surface area contributed by atoms with Crippen LogP contribution in [0.15, 0.2) is 23.0 Å². The smallest absolute Gasteiger partial charge is 0.355 e. The quantitative estimate of drug-likeness (QED) is 0.751. The van der Waals surface area contributed by atoms with E-state index in [2.05, 4.69) is 21.8 Å². The van der Waals surface area contributed by atoms with Crippen LogP contribution in [0.1, 0.15) is 35.8 Å². The van der Waals surface area contributed by atoms with E-state index in [1.807, 2.05) is 44.2 Å². The summed E-state index contributed by atoms with van der Waals surface area (Å²) < 4.78 is 5.23. The minimum atomic E-state index is -0.477. The number of nitrogens with zero attached hydrogens (tertiary/aromatic N) is 3. The summed E-state index contributed by atoms with van der Waals surface area (Å²) in [4.78, 5) is 35.7. The fourth-order valence-electron chi connectivity index (χ4n) is 3.94. The number of fused-ring (bicyclic) bond motifs is 1. The van der Waals surface area contributed by atoms with Crippen LogP contribution in [0.2, 0.25) is 0 Å². The van der Waals surface area contributed by atoms with E-state index in [-0.39, 0.29) is 17.7 Å². The normalized spacial score (nSPS) is 15.8. The van der Waals surface area contributed by atoms with Crippen molar-refractivity contribution in [2.24, 2.45) is 0 Å². The first kappa shape index (κ1) is 21.3. The van der Waals surface area contributed by atoms with E-state index in [9.17, 15) is 9.59 Å². The molecule has 0 aliphatic carbocycles. The average molecular weight is 401 g/mol. The van der Waals surface area contributed by atoms with Gasteiger partial charge in [0.2, 0.25) is 0 Å². The van der Waals surface area contributed by atoms with Gasteiger partial charge in [0.05, 0.1) is 12.1 Å². The molecule has 2 aromatic rings. The molecule has 0 unspecified atom stereocenters. The highest BCUT2D eigenvalue weighted by molar-refractivity contribution is 5.93. The Morgan fingerprint density at radius 3 is 2.55 bits per heavy atom. The van der Waals surface area contributed by atoms with Gasteiger partial charge in [-0.2, -0.15) is 0 Å². The van der Waals surface area contributed by atoms with E-state index in [4.69, 9.17) is 4.74 Å². The number of aromatic amines is 1. The van der Waals surface area contributed by atoms with Crippen LogP contribution in [0, 0.1) is 0 Å². The number of benzene rings is 1. The number of rotatable bonds is 6. The maximum atomic E-state index is 13.4. The van der Waals surface area contributed by atoms with Crippen LogP contribution < -0.4 is 10.3 Å². The summed E-state index contributed by atoms with van der Waals surface area (Å²) in [6, 6.07) is 6.04. The second kappa shape index (κ2) is 8.97. The summed E-state index contributed by atoms with van der Waals surface area (Å²) in [5.41, 5.74) is 2.23. The van der Waals surface area contributed by atoms with Crippen LogP contribution in [0.4, 0.5) is 5.69 Å². The first-order chi connectivity index (χ1) is 13.8. The van der Waals surface area contributed by atoms with Crippen LogP contribution in [-0.4, -0.2) is 74.7 Å². The van der Waals surface area contributed by atoms with Gasteiger partial charge in [-0.1, -0.05) is 0 Å². The minimum Gasteiger partial charge on any atom is -0.461 e. The Morgan fingerprint density at radius 2 is 1.93 bits per heavy atom. The van der Waals surface area contributed by atoms with Gasteiger partial charge in [-0.25, -0.2) is 4.79 Å². The number of hydrogen-bond donors (Lipinski definition) is 1. The number of pyridine rings is 1. The standard InChI is InChI=1S/C22H32N4O3/c1-6-29-22(28)20-18(14-26(5)15-9-11-25(4)12-10-15)21(27)17-13-16(24(2)3)7-8-19(17)23-20/h7-8,13,15H,6,9-12,14H2,1-5H3,(H,23,27). The number of carbonyl (C=O) groups is 1. The number of esters is 1. The van der Waals surface area contributed by atoms with E-state index in [1.54, 1.807) is 6.92 Å². The molecule has 1 fully saturated rings. The molecule has 1 aromatic carbocycles. The number of aromatic nitrogens is 1. The Kier molecular flexibility index (Phi) is 6.59. The Hall–Kier alpha value is -2.38. The summed E-state index contributed by atoms with van der Waals surface area (Å²) >= 11 is 0. The maximum Gasteiger partial charge on any atom is 0.355 e. The van der Waals surface area contributed by atoms with Crippen molar-refractivity contribution in [2.75, 3.05) is 52.8 Å². The zero-order chi connectivity index (χ0) is 21.1. The molecule has 0 atom stereocenters. The molecule has 1 N–H and O–H groups in total. The number of carbonyl (C=O) groups excluding carboxylic acids is 1. The number of anilines is 1. The molecule has 7 nitrogen and oxygen atoms in total. The maximum absolute atomic E-state index is 13.4. The summed E-state index contributed by atoms with van der Waals surface area (Å²) in [7, 11) is 8.05. The molecule has 0 bridgehead atoms. The van der Waals surface area contributed by atoms with E-state index < -0.39 is 5.97 Å². The van der Waals surface area contributed by atoms with Crippen LogP contribution >= 0.6 is 0 Å². The predicted molar refractivity (Wildman–Crippen MR) is 117 cm³/mol. The highest BCUT2D eigenvalue weighted by Crippen LogP contribution is 2.21. The second-order valence-electron chi connectivity index (χ2n) is 8.10. The Morgan fingerprint density at radius 1 is 1.24 bits per heavy atom. The van der Waals surface area contributed by atoms with E-state index in [0.717, 1.165) is 31.6 Å². The Balaban J connectivity index is 2.03. The van der Waals surface area contributed by atoms with Crippen LogP contribution in [0.25, 0.3) is 10.9 Å². The highest BCUT2D eigenvalue weighted by atomic mass is 16.5. The number of H-pyrrole nitrogens is 1. The SMILES string of the molecule is CCOC(=O)c1[nH]c2ccc(N(C)C)cc2c(=O)c1CN(C)C1CCN(C)CC1. The van der Waals surface area contributed by atoms with Gasteiger partial charge in [-0.05, 0) is 65.1 Å². The van der Waals surface area contributed by atoms with Gasteiger partial charge in [-0.3, -0.25) is 9.69 Å². The number of ether oxygens (including phenoxy) is 1.